The van der Waals surface area contributed by atoms with Gasteiger partial charge < -0.3 is 10.4 Å². The van der Waals surface area contributed by atoms with Crippen LogP contribution in [0.15, 0.2) is 40.9 Å². The van der Waals surface area contributed by atoms with Gasteiger partial charge >= 0.3 is 0 Å². The number of nitrogens with zero attached hydrogens (tertiary/aromatic N) is 1. The van der Waals surface area contributed by atoms with E-state index in [1.165, 1.54) is 30.3 Å². The maximum absolute atomic E-state index is 13.8. The number of amides is 1. The standard InChI is InChI=1S/C13H8BrFN2O4/c14-9-3-1-2-8(12(9)15)13(19)16-10-5-4-7(18)6-11(10)17(20)21/h1-6,18H,(H,16,19). The second kappa shape index (κ2) is 5.88. The molecule has 0 aliphatic carbocycles. The van der Waals surface area contributed by atoms with Crippen LogP contribution in [0.4, 0.5) is 15.8 Å². The van der Waals surface area contributed by atoms with E-state index >= 15 is 0 Å². The molecule has 0 aliphatic rings. The van der Waals surface area contributed by atoms with Gasteiger partial charge in [0.2, 0.25) is 0 Å². The van der Waals surface area contributed by atoms with Gasteiger partial charge in [0.25, 0.3) is 11.6 Å². The molecule has 2 N–H and O–H groups in total. The Balaban J connectivity index is 2.36. The van der Waals surface area contributed by atoms with Crippen LogP contribution in [-0.2, 0) is 0 Å². The average molecular weight is 355 g/mol. The smallest absolute Gasteiger partial charge is 0.296 e. The molecular formula is C13H8BrFN2O4. The third-order valence-corrected chi connectivity index (χ3v) is 3.23. The fraction of sp³-hybridized carbons (Fsp3) is 0. The minimum atomic E-state index is -0.831. The first kappa shape index (κ1) is 14.9. The first-order valence-electron chi connectivity index (χ1n) is 5.63. The lowest BCUT2D eigenvalue weighted by Gasteiger charge is -2.07. The van der Waals surface area contributed by atoms with Gasteiger partial charge in [-0.3, -0.25) is 14.9 Å². The molecule has 0 aliphatic heterocycles. The quantitative estimate of drug-likeness (QED) is 0.501. The van der Waals surface area contributed by atoms with Crippen LogP contribution in [0.3, 0.4) is 0 Å². The minimum absolute atomic E-state index is 0.107. The number of aromatic hydroxyl groups is 1. The normalized spacial score (nSPS) is 10.2. The minimum Gasteiger partial charge on any atom is -0.508 e. The van der Waals surface area contributed by atoms with Crippen molar-refractivity contribution in [2.24, 2.45) is 0 Å². The van der Waals surface area contributed by atoms with Crippen molar-refractivity contribution in [3.63, 3.8) is 0 Å². The Morgan fingerprint density at radius 1 is 1.33 bits per heavy atom. The largest absolute Gasteiger partial charge is 0.508 e. The Kier molecular flexibility index (Phi) is 4.18. The van der Waals surface area contributed by atoms with Crippen molar-refractivity contribution in [3.05, 3.63) is 62.4 Å². The van der Waals surface area contributed by atoms with E-state index in [9.17, 15) is 24.4 Å². The Morgan fingerprint density at radius 3 is 2.71 bits per heavy atom. The van der Waals surface area contributed by atoms with E-state index in [1.54, 1.807) is 0 Å². The van der Waals surface area contributed by atoms with Crippen LogP contribution in [-0.4, -0.2) is 15.9 Å². The van der Waals surface area contributed by atoms with Crippen molar-refractivity contribution >= 4 is 33.2 Å². The number of halogens is 2. The molecule has 0 aromatic heterocycles. The van der Waals surface area contributed by atoms with Gasteiger partial charge in [-0.15, -0.1) is 0 Å². The van der Waals surface area contributed by atoms with Gasteiger partial charge in [-0.05, 0) is 40.2 Å². The van der Waals surface area contributed by atoms with Crippen molar-refractivity contribution in [2.45, 2.75) is 0 Å². The Morgan fingerprint density at radius 2 is 2.05 bits per heavy atom. The van der Waals surface area contributed by atoms with Crippen molar-refractivity contribution in [1.82, 2.24) is 0 Å². The molecule has 0 spiro atoms. The van der Waals surface area contributed by atoms with Crippen LogP contribution in [0.25, 0.3) is 0 Å². The van der Waals surface area contributed by atoms with Crippen molar-refractivity contribution < 1.29 is 19.2 Å². The molecule has 0 saturated carbocycles. The second-order valence-electron chi connectivity index (χ2n) is 4.01. The predicted octanol–water partition coefficient (Wildman–Crippen LogP) is 3.45. The number of carbonyl (C=O) groups excluding carboxylic acids is 1. The number of phenolic OH excluding ortho intramolecular Hbond substituents is 1. The molecule has 1 amide bonds. The number of nitro groups is 1. The van der Waals surface area contributed by atoms with Gasteiger partial charge in [0.05, 0.1) is 21.0 Å². The first-order valence-corrected chi connectivity index (χ1v) is 6.42. The summed E-state index contributed by atoms with van der Waals surface area (Å²) in [6, 6.07) is 7.39. The molecule has 2 rings (SSSR count). The van der Waals surface area contributed by atoms with E-state index in [0.29, 0.717) is 0 Å². The SMILES string of the molecule is O=C(Nc1ccc(O)cc1[N+](=O)[O-])c1cccc(Br)c1F. The summed E-state index contributed by atoms with van der Waals surface area (Å²) in [7, 11) is 0. The first-order chi connectivity index (χ1) is 9.90. The van der Waals surface area contributed by atoms with Gasteiger partial charge in [-0.1, -0.05) is 6.07 Å². The average Bonchev–Trinajstić information content (AvgIpc) is 2.43. The molecule has 108 valence electrons. The van der Waals surface area contributed by atoms with Gasteiger partial charge in [0.1, 0.15) is 17.3 Å². The zero-order chi connectivity index (χ0) is 15.6. The number of nitrogens with one attached hydrogen (secondary N) is 1. The molecule has 8 heteroatoms. The summed E-state index contributed by atoms with van der Waals surface area (Å²) >= 11 is 2.95. The van der Waals surface area contributed by atoms with Gasteiger partial charge in [0, 0.05) is 0 Å². The monoisotopic (exact) mass is 354 g/mol. The third-order valence-electron chi connectivity index (χ3n) is 2.62. The number of nitro benzene ring substituents is 1. The van der Waals surface area contributed by atoms with E-state index in [2.05, 4.69) is 21.2 Å². The lowest BCUT2D eigenvalue weighted by molar-refractivity contribution is -0.384. The number of anilines is 1. The Hall–Kier alpha value is -2.48. The van der Waals surface area contributed by atoms with Crippen LogP contribution in [0.2, 0.25) is 0 Å². The molecule has 0 bridgehead atoms. The van der Waals surface area contributed by atoms with E-state index < -0.39 is 22.3 Å². The summed E-state index contributed by atoms with van der Waals surface area (Å²) < 4.78 is 13.9. The zero-order valence-electron chi connectivity index (χ0n) is 10.3. The van der Waals surface area contributed by atoms with E-state index in [0.717, 1.165) is 6.07 Å². The van der Waals surface area contributed by atoms with Crippen LogP contribution < -0.4 is 5.32 Å². The molecule has 0 radical (unpaired) electrons. The molecule has 2 aromatic carbocycles. The number of hydrogen-bond acceptors (Lipinski definition) is 4. The summed E-state index contributed by atoms with van der Waals surface area (Å²) in [6.07, 6.45) is 0. The van der Waals surface area contributed by atoms with Gasteiger partial charge in [-0.25, -0.2) is 4.39 Å². The molecule has 0 saturated heterocycles. The maximum atomic E-state index is 13.8. The van der Waals surface area contributed by atoms with Crippen LogP contribution >= 0.6 is 15.9 Å². The number of phenols is 1. The molecule has 0 atom stereocenters. The molecule has 2 aromatic rings. The maximum Gasteiger partial charge on any atom is 0.296 e. The summed E-state index contributed by atoms with van der Waals surface area (Å²) in [5.41, 5.74) is -0.882. The van der Waals surface area contributed by atoms with Crippen LogP contribution in [0.1, 0.15) is 10.4 Å². The molecule has 0 fully saturated rings. The van der Waals surface area contributed by atoms with E-state index in [4.69, 9.17) is 0 Å². The fourth-order valence-electron chi connectivity index (χ4n) is 1.65. The highest BCUT2D eigenvalue weighted by Gasteiger charge is 2.20. The van der Waals surface area contributed by atoms with E-state index in [-0.39, 0.29) is 21.5 Å². The molecule has 6 nitrogen and oxygen atoms in total. The number of hydrogen-bond donors (Lipinski definition) is 2. The number of benzene rings is 2. The summed E-state index contributed by atoms with van der Waals surface area (Å²) in [5.74, 6) is -1.91. The zero-order valence-corrected chi connectivity index (χ0v) is 11.9. The van der Waals surface area contributed by atoms with Crippen molar-refractivity contribution in [3.8, 4) is 5.75 Å². The third kappa shape index (κ3) is 3.16. The lowest BCUT2D eigenvalue weighted by atomic mass is 10.2. The number of carbonyl (C=O) groups is 1. The fourth-order valence-corrected chi connectivity index (χ4v) is 2.01. The highest BCUT2D eigenvalue weighted by molar-refractivity contribution is 9.10. The highest BCUT2D eigenvalue weighted by atomic mass is 79.9. The lowest BCUT2D eigenvalue weighted by Crippen LogP contribution is -2.15. The molecular weight excluding hydrogens is 347 g/mol. The summed E-state index contributed by atoms with van der Waals surface area (Å²) in [4.78, 5) is 22.1. The van der Waals surface area contributed by atoms with Crippen molar-refractivity contribution in [1.29, 1.82) is 0 Å². The Labute approximate surface area is 126 Å². The van der Waals surface area contributed by atoms with Crippen LogP contribution in [0, 0.1) is 15.9 Å². The Bertz CT molecular complexity index is 736. The van der Waals surface area contributed by atoms with Gasteiger partial charge in [-0.2, -0.15) is 0 Å². The van der Waals surface area contributed by atoms with Gasteiger partial charge in [0.15, 0.2) is 0 Å². The summed E-state index contributed by atoms with van der Waals surface area (Å²) in [5, 5.41) is 22.4. The van der Waals surface area contributed by atoms with Crippen molar-refractivity contribution in [2.75, 3.05) is 5.32 Å². The highest BCUT2D eigenvalue weighted by Crippen LogP contribution is 2.29. The number of rotatable bonds is 3. The second-order valence-corrected chi connectivity index (χ2v) is 4.87. The molecule has 0 unspecified atom stereocenters. The molecule has 0 heterocycles. The topological polar surface area (TPSA) is 92.5 Å². The predicted molar refractivity (Wildman–Crippen MR) is 76.8 cm³/mol. The van der Waals surface area contributed by atoms with Crippen LogP contribution in [0.5, 0.6) is 5.75 Å². The molecule has 21 heavy (non-hydrogen) atoms. The van der Waals surface area contributed by atoms with E-state index in [1.807, 2.05) is 0 Å². The summed E-state index contributed by atoms with van der Waals surface area (Å²) in [6.45, 7) is 0.